The highest BCUT2D eigenvalue weighted by atomic mass is 35.5. The molecule has 3 rings (SSSR count). The largest absolute Gasteiger partial charge is 0.454 e. The fourth-order valence-electron chi connectivity index (χ4n) is 3.43. The summed E-state index contributed by atoms with van der Waals surface area (Å²) in [6.07, 6.45) is -5.33. The first kappa shape index (κ1) is 23.6. The van der Waals surface area contributed by atoms with Crippen LogP contribution in [-0.4, -0.2) is 12.1 Å². The molecule has 0 N–H and O–H groups in total. The lowest BCUT2D eigenvalue weighted by Gasteiger charge is -2.14. The summed E-state index contributed by atoms with van der Waals surface area (Å²) in [5.41, 5.74) is -0.667. The molecule has 1 aliphatic carbocycles. The number of nitrogens with zero attached hydrogens (tertiary/aromatic N) is 1. The molecule has 0 spiro atoms. The molecule has 0 aromatic heterocycles. The van der Waals surface area contributed by atoms with Gasteiger partial charge in [-0.15, -0.1) is 0 Å². The van der Waals surface area contributed by atoms with Crippen molar-refractivity contribution in [3.05, 3.63) is 71.0 Å². The van der Waals surface area contributed by atoms with Crippen molar-refractivity contribution >= 4 is 17.6 Å². The van der Waals surface area contributed by atoms with E-state index in [-0.39, 0.29) is 11.3 Å². The Bertz CT molecular complexity index is 1080. The van der Waals surface area contributed by atoms with Gasteiger partial charge in [-0.1, -0.05) is 55.8 Å². The lowest BCUT2D eigenvalue weighted by atomic mass is 10.1. The number of nitriles is 1. The first-order valence-electron chi connectivity index (χ1n) is 9.52. The van der Waals surface area contributed by atoms with Gasteiger partial charge in [-0.25, -0.2) is 4.39 Å². The Morgan fingerprint density at radius 3 is 2.47 bits per heavy atom. The van der Waals surface area contributed by atoms with Crippen LogP contribution in [-0.2, 0) is 9.53 Å². The van der Waals surface area contributed by atoms with Crippen molar-refractivity contribution in [1.82, 2.24) is 0 Å². The second-order valence-corrected chi connectivity index (χ2v) is 8.30. The van der Waals surface area contributed by atoms with E-state index in [1.54, 1.807) is 44.2 Å². The van der Waals surface area contributed by atoms with Crippen molar-refractivity contribution in [3.8, 4) is 17.6 Å². The van der Waals surface area contributed by atoms with E-state index in [0.29, 0.717) is 5.75 Å². The Morgan fingerprint density at radius 1 is 1.22 bits per heavy atom. The molecule has 0 unspecified atom stereocenters. The lowest BCUT2D eigenvalue weighted by Crippen LogP contribution is -2.15. The van der Waals surface area contributed by atoms with Crippen LogP contribution < -0.4 is 4.74 Å². The summed E-state index contributed by atoms with van der Waals surface area (Å²) in [7, 11) is 0. The fourth-order valence-corrected chi connectivity index (χ4v) is 3.56. The summed E-state index contributed by atoms with van der Waals surface area (Å²) in [5.74, 6) is -3.04. The van der Waals surface area contributed by atoms with E-state index in [2.05, 4.69) is 0 Å². The van der Waals surface area contributed by atoms with Crippen LogP contribution in [0.4, 0.5) is 17.6 Å². The molecular weight excluding hydrogens is 450 g/mol. The van der Waals surface area contributed by atoms with Gasteiger partial charge in [0.15, 0.2) is 11.6 Å². The number of hydrogen-bond acceptors (Lipinski definition) is 4. The summed E-state index contributed by atoms with van der Waals surface area (Å²) < 4.78 is 63.1. The Kier molecular flexibility index (Phi) is 6.51. The molecule has 1 aliphatic rings. The minimum absolute atomic E-state index is 0.159. The van der Waals surface area contributed by atoms with E-state index in [0.717, 1.165) is 12.1 Å². The van der Waals surface area contributed by atoms with Crippen molar-refractivity contribution in [3.63, 3.8) is 0 Å². The average Bonchev–Trinajstić information content (AvgIpc) is 3.27. The maximum absolute atomic E-state index is 14.2. The highest BCUT2D eigenvalue weighted by Crippen LogP contribution is 2.60. The Hall–Kier alpha value is -3.05. The van der Waals surface area contributed by atoms with Crippen molar-refractivity contribution in [2.24, 2.45) is 17.3 Å². The van der Waals surface area contributed by atoms with Gasteiger partial charge in [0.05, 0.1) is 5.92 Å². The number of rotatable bonds is 6. The third-order valence-corrected chi connectivity index (χ3v) is 5.68. The van der Waals surface area contributed by atoms with Crippen LogP contribution in [0, 0.1) is 34.4 Å². The topological polar surface area (TPSA) is 59.3 Å². The number of allylic oxidation sites excluding steroid dienone is 2. The maximum Gasteiger partial charge on any atom is 0.426 e. The summed E-state index contributed by atoms with van der Waals surface area (Å²) in [5, 5.41) is 8.17. The quantitative estimate of drug-likeness (QED) is 0.351. The number of benzene rings is 2. The van der Waals surface area contributed by atoms with Crippen molar-refractivity contribution in [2.75, 3.05) is 0 Å². The lowest BCUT2D eigenvalue weighted by molar-refractivity contribution is -0.149. The molecule has 1 saturated carbocycles. The van der Waals surface area contributed by atoms with E-state index < -0.39 is 46.3 Å². The van der Waals surface area contributed by atoms with Gasteiger partial charge in [0.2, 0.25) is 6.10 Å². The molecule has 168 valence electrons. The molecule has 0 heterocycles. The molecule has 3 atom stereocenters. The summed E-state index contributed by atoms with van der Waals surface area (Å²) in [6.45, 7) is 3.21. The summed E-state index contributed by atoms with van der Waals surface area (Å²) >= 11 is 5.30. The Morgan fingerprint density at radius 2 is 1.88 bits per heavy atom. The van der Waals surface area contributed by atoms with Gasteiger partial charge >= 0.3 is 12.1 Å². The second kappa shape index (κ2) is 8.83. The number of alkyl halides is 3. The zero-order valence-corrected chi connectivity index (χ0v) is 17.7. The van der Waals surface area contributed by atoms with Crippen LogP contribution in [0.15, 0.2) is 59.6 Å². The van der Waals surface area contributed by atoms with E-state index in [1.807, 2.05) is 6.07 Å². The summed E-state index contributed by atoms with van der Waals surface area (Å²) in [4.78, 5) is 12.6. The van der Waals surface area contributed by atoms with Gasteiger partial charge in [-0.2, -0.15) is 18.4 Å². The minimum atomic E-state index is -4.72. The molecular formula is C23H18ClF4NO3. The van der Waals surface area contributed by atoms with Crippen LogP contribution in [0.2, 0.25) is 0 Å². The summed E-state index contributed by atoms with van der Waals surface area (Å²) in [6, 6.07) is 13.8. The van der Waals surface area contributed by atoms with Crippen molar-refractivity contribution in [1.29, 1.82) is 5.26 Å². The SMILES string of the molecule is CC1(C)[C@H](/C=C(\Cl)C(F)(F)F)[C@@H]1C(=O)O[C@@H](C#N)c1ccc(F)c(Oc2ccccc2)c1. The van der Waals surface area contributed by atoms with Crippen molar-refractivity contribution in [2.45, 2.75) is 26.1 Å². The van der Waals surface area contributed by atoms with Crippen LogP contribution in [0.25, 0.3) is 0 Å². The van der Waals surface area contributed by atoms with Gasteiger partial charge in [0.1, 0.15) is 16.9 Å². The predicted octanol–water partition coefficient (Wildman–Crippen LogP) is 6.68. The van der Waals surface area contributed by atoms with E-state index in [4.69, 9.17) is 21.1 Å². The number of carbonyl (C=O) groups is 1. The minimum Gasteiger partial charge on any atom is -0.454 e. The molecule has 32 heavy (non-hydrogen) atoms. The number of halogens is 5. The van der Waals surface area contributed by atoms with Crippen molar-refractivity contribution < 1.29 is 31.8 Å². The monoisotopic (exact) mass is 467 g/mol. The smallest absolute Gasteiger partial charge is 0.426 e. The van der Waals surface area contributed by atoms with E-state index in [1.165, 1.54) is 12.1 Å². The number of carbonyl (C=O) groups excluding carboxylic acids is 1. The van der Waals surface area contributed by atoms with Crippen LogP contribution in [0.1, 0.15) is 25.5 Å². The molecule has 9 heteroatoms. The predicted molar refractivity (Wildman–Crippen MR) is 108 cm³/mol. The molecule has 0 bridgehead atoms. The first-order valence-corrected chi connectivity index (χ1v) is 9.90. The molecule has 0 saturated heterocycles. The molecule has 2 aromatic rings. The highest BCUT2D eigenvalue weighted by molar-refractivity contribution is 6.30. The fraction of sp³-hybridized carbons (Fsp3) is 0.304. The first-order chi connectivity index (χ1) is 14.9. The molecule has 2 aromatic carbocycles. The number of para-hydroxylation sites is 1. The van der Waals surface area contributed by atoms with Gasteiger partial charge in [-0.3, -0.25) is 4.79 Å². The number of esters is 1. The molecule has 1 fully saturated rings. The van der Waals surface area contributed by atoms with E-state index >= 15 is 0 Å². The van der Waals surface area contributed by atoms with Crippen LogP contribution >= 0.6 is 11.6 Å². The molecule has 0 aliphatic heterocycles. The highest BCUT2D eigenvalue weighted by Gasteiger charge is 2.62. The van der Waals surface area contributed by atoms with Crippen LogP contribution in [0.3, 0.4) is 0 Å². The average molecular weight is 468 g/mol. The number of ether oxygens (including phenoxy) is 2. The van der Waals surface area contributed by atoms with E-state index in [9.17, 15) is 27.6 Å². The van der Waals surface area contributed by atoms with Gasteiger partial charge in [0, 0.05) is 5.56 Å². The maximum atomic E-state index is 14.2. The third kappa shape index (κ3) is 5.05. The molecule has 0 radical (unpaired) electrons. The normalized spacial score (nSPS) is 20.8. The van der Waals surface area contributed by atoms with Gasteiger partial charge < -0.3 is 9.47 Å². The van der Waals surface area contributed by atoms with Gasteiger partial charge in [-0.05, 0) is 35.6 Å². The molecule has 4 nitrogen and oxygen atoms in total. The zero-order valence-electron chi connectivity index (χ0n) is 17.0. The van der Waals surface area contributed by atoms with Gasteiger partial charge in [0.25, 0.3) is 0 Å². The number of hydrogen-bond donors (Lipinski definition) is 0. The van der Waals surface area contributed by atoms with Crippen LogP contribution in [0.5, 0.6) is 11.5 Å². The Balaban J connectivity index is 1.76. The second-order valence-electron chi connectivity index (χ2n) is 7.89. The third-order valence-electron chi connectivity index (χ3n) is 5.34. The molecule has 0 amide bonds. The standard InChI is InChI=1S/C23H18ClF4NO3/c1-22(2)15(11-19(24)23(26,27)28)20(22)21(30)32-18(12-29)13-8-9-16(25)17(10-13)31-14-6-4-3-5-7-14/h3-11,15,18,20H,1-2H3/b19-11-/t15-,18+,20-/m1/s1. The zero-order chi connectivity index (χ0) is 23.7. The Labute approximate surface area is 187 Å².